The van der Waals surface area contributed by atoms with Gasteiger partial charge in [-0.25, -0.2) is 0 Å². The Morgan fingerprint density at radius 1 is 1.07 bits per heavy atom. The van der Waals surface area contributed by atoms with Gasteiger partial charge in [-0.3, -0.25) is 9.59 Å². The normalized spacial score (nSPS) is 15.9. The van der Waals surface area contributed by atoms with Crippen LogP contribution in [0.25, 0.3) is 0 Å². The Bertz CT molecular complexity index is 859. The van der Waals surface area contributed by atoms with E-state index >= 15 is 0 Å². The zero-order chi connectivity index (χ0) is 21.0. The molecule has 0 radical (unpaired) electrons. The van der Waals surface area contributed by atoms with Gasteiger partial charge in [0, 0.05) is 37.3 Å². The second-order valence-electron chi connectivity index (χ2n) is 6.71. The highest BCUT2D eigenvalue weighted by Gasteiger charge is 2.38. The second-order valence-corrected chi connectivity index (χ2v) is 6.71. The molecule has 0 saturated carbocycles. The number of benzene rings is 2. The number of methoxy groups -OCH3 is 3. The Morgan fingerprint density at radius 2 is 1.69 bits per heavy atom. The summed E-state index contributed by atoms with van der Waals surface area (Å²) in [5, 5.41) is 0. The van der Waals surface area contributed by atoms with E-state index in [2.05, 4.69) is 0 Å². The third-order valence-corrected chi connectivity index (χ3v) is 5.09. The molecule has 0 aliphatic carbocycles. The molecule has 2 aromatic carbocycles. The fourth-order valence-corrected chi connectivity index (χ4v) is 3.64. The second kappa shape index (κ2) is 8.86. The number of carbonyl (C=O) groups excluding carboxylic acids is 2. The minimum atomic E-state index is -0.415. The van der Waals surface area contributed by atoms with E-state index in [9.17, 15) is 9.59 Å². The fourth-order valence-electron chi connectivity index (χ4n) is 3.64. The molecule has 2 aromatic rings. The van der Waals surface area contributed by atoms with E-state index < -0.39 is 5.92 Å². The molecule has 1 unspecified atom stereocenters. The lowest BCUT2D eigenvalue weighted by atomic mass is 10.1. The van der Waals surface area contributed by atoms with Crippen molar-refractivity contribution in [3.8, 4) is 17.2 Å². The lowest BCUT2D eigenvalue weighted by molar-refractivity contribution is -0.124. The van der Waals surface area contributed by atoms with Crippen LogP contribution in [0, 0.1) is 5.92 Å². The van der Waals surface area contributed by atoms with Crippen LogP contribution in [-0.4, -0.2) is 46.2 Å². The highest BCUT2D eigenvalue weighted by Crippen LogP contribution is 2.42. The Labute approximate surface area is 170 Å². The first kappa shape index (κ1) is 20.5. The van der Waals surface area contributed by atoms with Crippen LogP contribution in [0.5, 0.6) is 17.2 Å². The van der Waals surface area contributed by atoms with Crippen molar-refractivity contribution in [1.29, 1.82) is 0 Å². The first-order chi connectivity index (χ1) is 14.0. The Balaban J connectivity index is 1.86. The molecule has 7 heteroatoms. The van der Waals surface area contributed by atoms with Crippen molar-refractivity contribution >= 4 is 23.2 Å². The van der Waals surface area contributed by atoms with E-state index in [0.717, 1.165) is 5.69 Å². The molecule has 1 fully saturated rings. The maximum Gasteiger partial charge on any atom is 0.232 e. The molecule has 2 amide bonds. The van der Waals surface area contributed by atoms with Gasteiger partial charge in [0.1, 0.15) is 0 Å². The van der Waals surface area contributed by atoms with E-state index in [0.29, 0.717) is 36.0 Å². The number of carbonyl (C=O) groups is 2. The number of para-hydroxylation sites is 1. The summed E-state index contributed by atoms with van der Waals surface area (Å²) in [5.41, 5.74) is 1.45. The summed E-state index contributed by atoms with van der Waals surface area (Å²) >= 11 is 0. The minimum absolute atomic E-state index is 0.0537. The molecular formula is C22H26N2O5. The Kier molecular flexibility index (Phi) is 6.26. The van der Waals surface area contributed by atoms with Crippen molar-refractivity contribution in [2.24, 2.45) is 5.92 Å². The maximum atomic E-state index is 13.1. The summed E-state index contributed by atoms with van der Waals surface area (Å²) < 4.78 is 16.1. The van der Waals surface area contributed by atoms with Gasteiger partial charge in [-0.05, 0) is 19.1 Å². The van der Waals surface area contributed by atoms with Crippen molar-refractivity contribution in [3.05, 3.63) is 42.5 Å². The van der Waals surface area contributed by atoms with Crippen LogP contribution in [-0.2, 0) is 9.59 Å². The molecule has 1 heterocycles. The quantitative estimate of drug-likeness (QED) is 0.717. The first-order valence-electron chi connectivity index (χ1n) is 9.50. The zero-order valence-corrected chi connectivity index (χ0v) is 17.2. The van der Waals surface area contributed by atoms with Gasteiger partial charge in [0.15, 0.2) is 11.5 Å². The van der Waals surface area contributed by atoms with Crippen molar-refractivity contribution in [3.63, 3.8) is 0 Å². The summed E-state index contributed by atoms with van der Waals surface area (Å²) in [6.07, 6.45) is 0.166. The molecule has 154 valence electrons. The van der Waals surface area contributed by atoms with Gasteiger partial charge in [0.2, 0.25) is 17.6 Å². The lowest BCUT2D eigenvalue weighted by Gasteiger charge is -2.24. The van der Waals surface area contributed by atoms with Crippen LogP contribution < -0.4 is 24.0 Å². The van der Waals surface area contributed by atoms with E-state index in [1.54, 1.807) is 21.9 Å². The van der Waals surface area contributed by atoms with Gasteiger partial charge < -0.3 is 24.0 Å². The van der Waals surface area contributed by atoms with Gasteiger partial charge >= 0.3 is 0 Å². The summed E-state index contributed by atoms with van der Waals surface area (Å²) in [7, 11) is 4.58. The number of nitrogens with zero attached hydrogens (tertiary/aromatic N) is 2. The predicted octanol–water partition coefficient (Wildman–Crippen LogP) is 3.12. The molecule has 0 aromatic heterocycles. The molecule has 1 aliphatic heterocycles. The van der Waals surface area contributed by atoms with Crippen molar-refractivity contribution < 1.29 is 23.8 Å². The summed E-state index contributed by atoms with van der Waals surface area (Å²) in [4.78, 5) is 29.2. The molecule has 1 aliphatic rings. The molecule has 0 bridgehead atoms. The summed E-state index contributed by atoms with van der Waals surface area (Å²) in [5.74, 6) is 0.803. The van der Waals surface area contributed by atoms with Crippen LogP contribution in [0.4, 0.5) is 11.4 Å². The predicted molar refractivity (Wildman–Crippen MR) is 111 cm³/mol. The minimum Gasteiger partial charge on any atom is -0.493 e. The SMILES string of the molecule is CCN(C(=O)C1CC(=O)N(c2cc(OC)c(OC)c(OC)c2)C1)c1ccccc1. The molecule has 1 atom stereocenters. The molecule has 0 N–H and O–H groups in total. The maximum absolute atomic E-state index is 13.1. The highest BCUT2D eigenvalue weighted by atomic mass is 16.5. The van der Waals surface area contributed by atoms with Gasteiger partial charge in [-0.2, -0.15) is 0 Å². The zero-order valence-electron chi connectivity index (χ0n) is 17.2. The van der Waals surface area contributed by atoms with Crippen LogP contribution in [0.15, 0.2) is 42.5 Å². The van der Waals surface area contributed by atoms with Gasteiger partial charge in [0.05, 0.1) is 32.9 Å². The van der Waals surface area contributed by atoms with E-state index in [1.165, 1.54) is 21.3 Å². The van der Waals surface area contributed by atoms with Gasteiger partial charge in [-0.1, -0.05) is 18.2 Å². The molecule has 7 nitrogen and oxygen atoms in total. The van der Waals surface area contributed by atoms with Crippen LogP contribution in [0.2, 0.25) is 0 Å². The van der Waals surface area contributed by atoms with E-state index in [-0.39, 0.29) is 18.2 Å². The molecule has 1 saturated heterocycles. The third kappa shape index (κ3) is 3.99. The van der Waals surface area contributed by atoms with E-state index in [1.807, 2.05) is 37.3 Å². The van der Waals surface area contributed by atoms with Crippen LogP contribution in [0.3, 0.4) is 0 Å². The van der Waals surface area contributed by atoms with E-state index in [4.69, 9.17) is 14.2 Å². The monoisotopic (exact) mass is 398 g/mol. The molecule has 29 heavy (non-hydrogen) atoms. The number of ether oxygens (including phenoxy) is 3. The van der Waals surface area contributed by atoms with Crippen LogP contribution in [0.1, 0.15) is 13.3 Å². The summed E-state index contributed by atoms with van der Waals surface area (Å²) in [6, 6.07) is 12.9. The number of hydrogen-bond donors (Lipinski definition) is 0. The Hall–Kier alpha value is -3.22. The number of hydrogen-bond acceptors (Lipinski definition) is 5. The van der Waals surface area contributed by atoms with Crippen molar-refractivity contribution in [2.45, 2.75) is 13.3 Å². The standard InChI is InChI=1S/C22H26N2O5/c1-5-23(16-9-7-6-8-10-16)22(26)15-11-20(25)24(14-15)17-12-18(27-2)21(29-4)19(13-17)28-3/h6-10,12-13,15H,5,11,14H2,1-4H3. The lowest BCUT2D eigenvalue weighted by Crippen LogP contribution is -2.37. The smallest absolute Gasteiger partial charge is 0.232 e. The topological polar surface area (TPSA) is 68.3 Å². The Morgan fingerprint density at radius 3 is 2.21 bits per heavy atom. The van der Waals surface area contributed by atoms with Gasteiger partial charge in [0.25, 0.3) is 0 Å². The molecule has 0 spiro atoms. The van der Waals surface area contributed by atoms with Gasteiger partial charge in [-0.15, -0.1) is 0 Å². The largest absolute Gasteiger partial charge is 0.493 e. The third-order valence-electron chi connectivity index (χ3n) is 5.09. The molecule has 3 rings (SSSR count). The first-order valence-corrected chi connectivity index (χ1v) is 9.50. The fraction of sp³-hybridized carbons (Fsp3) is 0.364. The number of anilines is 2. The average Bonchev–Trinajstić information content (AvgIpc) is 3.15. The summed E-state index contributed by atoms with van der Waals surface area (Å²) in [6.45, 7) is 2.77. The molecular weight excluding hydrogens is 372 g/mol. The van der Waals surface area contributed by atoms with Crippen molar-refractivity contribution in [2.75, 3.05) is 44.2 Å². The average molecular weight is 398 g/mol. The van der Waals surface area contributed by atoms with Crippen LogP contribution >= 0.6 is 0 Å². The van der Waals surface area contributed by atoms with Crippen molar-refractivity contribution in [1.82, 2.24) is 0 Å². The highest BCUT2D eigenvalue weighted by molar-refractivity contribution is 6.04. The number of amides is 2. The number of rotatable bonds is 7.